The average molecular weight is 353 g/mol. The third-order valence-electron chi connectivity index (χ3n) is 2.71. The first-order valence-electron chi connectivity index (χ1n) is 6.66. The van der Waals surface area contributed by atoms with Gasteiger partial charge in [0.15, 0.2) is 11.6 Å². The van der Waals surface area contributed by atoms with E-state index in [1.54, 1.807) is 30.5 Å². The van der Waals surface area contributed by atoms with Crippen molar-refractivity contribution in [2.24, 2.45) is 0 Å². The summed E-state index contributed by atoms with van der Waals surface area (Å²) in [4.78, 5) is 4.28. The fourth-order valence-corrected chi connectivity index (χ4v) is 1.99. The van der Waals surface area contributed by atoms with E-state index in [4.69, 9.17) is 4.74 Å². The Morgan fingerprint density at radius 2 is 2.00 bits per heavy atom. The van der Waals surface area contributed by atoms with Gasteiger partial charge in [-0.2, -0.15) is 0 Å². The van der Waals surface area contributed by atoms with Crippen LogP contribution in [0.25, 0.3) is 0 Å². The quantitative estimate of drug-likeness (QED) is 0.868. The van der Waals surface area contributed by atoms with Gasteiger partial charge in [-0.15, -0.1) is 0 Å². The Hall–Kier alpha value is -1.46. The summed E-state index contributed by atoms with van der Waals surface area (Å²) in [6.45, 7) is 6.89. The van der Waals surface area contributed by atoms with Crippen LogP contribution in [0.4, 0.5) is 4.39 Å². The monoisotopic (exact) mass is 352 g/mol. The molecule has 0 amide bonds. The van der Waals surface area contributed by atoms with Gasteiger partial charge in [0.05, 0.1) is 5.69 Å². The molecular formula is C16H18BrFN2O. The molecule has 2 aromatic rings. The van der Waals surface area contributed by atoms with Gasteiger partial charge in [0, 0.05) is 28.8 Å². The molecule has 0 radical (unpaired) electrons. The molecule has 0 spiro atoms. The molecule has 0 atom stereocenters. The molecule has 0 aliphatic rings. The molecule has 0 fully saturated rings. The molecule has 0 unspecified atom stereocenters. The van der Waals surface area contributed by atoms with Crippen molar-refractivity contribution in [1.29, 1.82) is 0 Å². The molecule has 0 aliphatic heterocycles. The van der Waals surface area contributed by atoms with Gasteiger partial charge in [-0.05, 0) is 45.0 Å². The summed E-state index contributed by atoms with van der Waals surface area (Å²) in [6.07, 6.45) is 1.66. The molecule has 21 heavy (non-hydrogen) atoms. The molecule has 5 heteroatoms. The van der Waals surface area contributed by atoms with E-state index in [1.165, 1.54) is 6.07 Å². The van der Waals surface area contributed by atoms with E-state index in [2.05, 4.69) is 47.0 Å². The minimum Gasteiger partial charge on any atom is -0.454 e. The molecule has 112 valence electrons. The molecule has 0 saturated heterocycles. The van der Waals surface area contributed by atoms with E-state index >= 15 is 0 Å². The summed E-state index contributed by atoms with van der Waals surface area (Å²) in [5.41, 5.74) is 0.854. The number of halogens is 2. The maximum Gasteiger partial charge on any atom is 0.165 e. The fraction of sp³-hybridized carbons (Fsp3) is 0.312. The van der Waals surface area contributed by atoms with Crippen LogP contribution in [0.3, 0.4) is 0 Å². The number of nitrogens with zero attached hydrogens (tertiary/aromatic N) is 1. The normalized spacial score (nSPS) is 11.5. The van der Waals surface area contributed by atoms with Crippen LogP contribution in [0.5, 0.6) is 11.5 Å². The lowest BCUT2D eigenvalue weighted by Gasteiger charge is -2.20. The van der Waals surface area contributed by atoms with Gasteiger partial charge in [0.25, 0.3) is 0 Å². The van der Waals surface area contributed by atoms with E-state index in [1.807, 2.05) is 0 Å². The van der Waals surface area contributed by atoms with Crippen LogP contribution in [0, 0.1) is 5.82 Å². The van der Waals surface area contributed by atoms with E-state index in [0.29, 0.717) is 12.3 Å². The van der Waals surface area contributed by atoms with Gasteiger partial charge in [-0.25, -0.2) is 4.39 Å². The standard InChI is InChI=1S/C16H18BrFN2O/c1-16(2,3)20-10-12-9-13(6-7-19-12)21-15-8-11(17)4-5-14(15)18/h4-9,20H,10H2,1-3H3. The largest absolute Gasteiger partial charge is 0.454 e. The third-order valence-corrected chi connectivity index (χ3v) is 3.20. The van der Waals surface area contributed by atoms with Crippen LogP contribution in [0.15, 0.2) is 41.0 Å². The number of hydrogen-bond donors (Lipinski definition) is 1. The maximum atomic E-state index is 13.7. The summed E-state index contributed by atoms with van der Waals surface area (Å²) in [5, 5.41) is 3.35. The van der Waals surface area contributed by atoms with Crippen LogP contribution in [0.1, 0.15) is 26.5 Å². The number of pyridine rings is 1. The second kappa shape index (κ2) is 6.54. The lowest BCUT2D eigenvalue weighted by atomic mass is 10.1. The van der Waals surface area contributed by atoms with Crippen LogP contribution in [0.2, 0.25) is 0 Å². The average Bonchev–Trinajstić information content (AvgIpc) is 2.40. The number of benzene rings is 1. The highest BCUT2D eigenvalue weighted by molar-refractivity contribution is 9.10. The van der Waals surface area contributed by atoms with Crippen LogP contribution >= 0.6 is 15.9 Å². The first kappa shape index (κ1) is 15.9. The Balaban J connectivity index is 2.12. The molecule has 1 N–H and O–H groups in total. The minimum absolute atomic E-state index is 0.00887. The van der Waals surface area contributed by atoms with E-state index in [9.17, 15) is 4.39 Å². The fourth-order valence-electron chi connectivity index (χ4n) is 1.65. The van der Waals surface area contributed by atoms with Crippen molar-refractivity contribution in [3.8, 4) is 11.5 Å². The SMILES string of the molecule is CC(C)(C)NCc1cc(Oc2cc(Br)ccc2F)ccn1. The topological polar surface area (TPSA) is 34.1 Å². The molecule has 0 bridgehead atoms. The number of aromatic nitrogens is 1. The Morgan fingerprint density at radius 1 is 1.24 bits per heavy atom. The van der Waals surface area contributed by atoms with Gasteiger partial charge >= 0.3 is 0 Å². The predicted molar refractivity (Wildman–Crippen MR) is 85.0 cm³/mol. The molecular weight excluding hydrogens is 335 g/mol. The highest BCUT2D eigenvalue weighted by Crippen LogP contribution is 2.27. The Morgan fingerprint density at radius 3 is 2.71 bits per heavy atom. The first-order valence-corrected chi connectivity index (χ1v) is 7.46. The summed E-state index contributed by atoms with van der Waals surface area (Å²) in [6, 6.07) is 8.11. The Bertz CT molecular complexity index is 626. The van der Waals surface area contributed by atoms with Crippen LogP contribution in [-0.4, -0.2) is 10.5 Å². The Kier molecular flexibility index (Phi) is 4.96. The molecule has 1 heterocycles. The van der Waals surface area contributed by atoms with Crippen molar-refractivity contribution in [2.75, 3.05) is 0 Å². The van der Waals surface area contributed by atoms with Gasteiger partial charge in [0.2, 0.25) is 0 Å². The summed E-state index contributed by atoms with van der Waals surface area (Å²) in [7, 11) is 0. The summed E-state index contributed by atoms with van der Waals surface area (Å²) < 4.78 is 20.0. The van der Waals surface area contributed by atoms with E-state index in [0.717, 1.165) is 10.2 Å². The molecule has 0 aliphatic carbocycles. The molecule has 2 rings (SSSR count). The lowest BCUT2D eigenvalue weighted by molar-refractivity contribution is 0.417. The van der Waals surface area contributed by atoms with Crippen molar-refractivity contribution in [2.45, 2.75) is 32.9 Å². The highest BCUT2D eigenvalue weighted by Gasteiger charge is 2.10. The van der Waals surface area contributed by atoms with Gasteiger partial charge < -0.3 is 10.1 Å². The second-order valence-electron chi connectivity index (χ2n) is 5.76. The molecule has 0 saturated carbocycles. The third kappa shape index (κ3) is 5.10. The Labute approximate surface area is 132 Å². The first-order chi connectivity index (χ1) is 9.83. The van der Waals surface area contributed by atoms with E-state index in [-0.39, 0.29) is 11.3 Å². The highest BCUT2D eigenvalue weighted by atomic mass is 79.9. The van der Waals surface area contributed by atoms with Crippen molar-refractivity contribution in [1.82, 2.24) is 10.3 Å². The molecule has 1 aromatic carbocycles. The van der Waals surface area contributed by atoms with Crippen molar-refractivity contribution in [3.63, 3.8) is 0 Å². The van der Waals surface area contributed by atoms with E-state index < -0.39 is 5.82 Å². The van der Waals surface area contributed by atoms with Crippen LogP contribution < -0.4 is 10.1 Å². The van der Waals surface area contributed by atoms with Crippen molar-refractivity contribution < 1.29 is 9.13 Å². The lowest BCUT2D eigenvalue weighted by Crippen LogP contribution is -2.35. The predicted octanol–water partition coefficient (Wildman–Crippen LogP) is 4.66. The summed E-state index contributed by atoms with van der Waals surface area (Å²) in [5.74, 6) is 0.349. The number of rotatable bonds is 4. The maximum absolute atomic E-state index is 13.7. The minimum atomic E-state index is -0.399. The number of ether oxygens (including phenoxy) is 1. The summed E-state index contributed by atoms with van der Waals surface area (Å²) >= 11 is 3.30. The van der Waals surface area contributed by atoms with Gasteiger partial charge in [0.1, 0.15) is 5.75 Å². The van der Waals surface area contributed by atoms with Crippen molar-refractivity contribution in [3.05, 3.63) is 52.5 Å². The zero-order chi connectivity index (χ0) is 15.5. The zero-order valence-electron chi connectivity index (χ0n) is 12.3. The van der Waals surface area contributed by atoms with Gasteiger partial charge in [-0.1, -0.05) is 15.9 Å². The molecule has 3 nitrogen and oxygen atoms in total. The van der Waals surface area contributed by atoms with Crippen LogP contribution in [-0.2, 0) is 6.54 Å². The molecule has 1 aromatic heterocycles. The smallest absolute Gasteiger partial charge is 0.165 e. The van der Waals surface area contributed by atoms with Crippen molar-refractivity contribution >= 4 is 15.9 Å². The number of hydrogen-bond acceptors (Lipinski definition) is 3. The number of nitrogens with one attached hydrogen (secondary N) is 1. The second-order valence-corrected chi connectivity index (χ2v) is 6.68. The zero-order valence-corrected chi connectivity index (χ0v) is 13.9. The van der Waals surface area contributed by atoms with Gasteiger partial charge in [-0.3, -0.25) is 4.98 Å².